The van der Waals surface area contributed by atoms with Crippen LogP contribution in [0.1, 0.15) is 28.7 Å². The number of halogens is 1. The summed E-state index contributed by atoms with van der Waals surface area (Å²) >= 11 is 1.59. The van der Waals surface area contributed by atoms with Gasteiger partial charge in [-0.1, -0.05) is 0 Å². The average Bonchev–Trinajstić information content (AvgIpc) is 3.22. The molecule has 0 unspecified atom stereocenters. The minimum Gasteiger partial charge on any atom is -0.469 e. The molecule has 1 amide bonds. The summed E-state index contributed by atoms with van der Waals surface area (Å²) in [5, 5.41) is 7.39. The molecule has 1 atom stereocenters. The van der Waals surface area contributed by atoms with Gasteiger partial charge in [-0.3, -0.25) is 9.48 Å². The van der Waals surface area contributed by atoms with Gasteiger partial charge < -0.3 is 9.73 Å². The summed E-state index contributed by atoms with van der Waals surface area (Å²) in [6, 6.07) is 8.35. The van der Waals surface area contributed by atoms with E-state index in [9.17, 15) is 9.18 Å². The van der Waals surface area contributed by atoms with Gasteiger partial charge in [0, 0.05) is 41.3 Å². The molecule has 0 bridgehead atoms. The first-order valence-corrected chi connectivity index (χ1v) is 9.33. The largest absolute Gasteiger partial charge is 0.469 e. The highest BCUT2D eigenvalue weighted by atomic mass is 32.2. The van der Waals surface area contributed by atoms with Gasteiger partial charge in [0.1, 0.15) is 11.6 Å². The predicted octanol–water partition coefficient (Wildman–Crippen LogP) is 3.79. The normalized spacial score (nSPS) is 13.8. The fourth-order valence-corrected chi connectivity index (χ4v) is 4.31. The highest BCUT2D eigenvalue weighted by Gasteiger charge is 2.28. The molecule has 1 aliphatic heterocycles. The molecule has 0 spiro atoms. The summed E-state index contributed by atoms with van der Waals surface area (Å²) in [5.74, 6) is 0.940. The second-order valence-corrected chi connectivity index (χ2v) is 7.40. The zero-order chi connectivity index (χ0) is 18.3. The number of thioether (sulfide) groups is 1. The zero-order valence-electron chi connectivity index (χ0n) is 14.5. The highest BCUT2D eigenvalue weighted by molar-refractivity contribution is 7.98. The predicted molar refractivity (Wildman–Crippen MR) is 97.5 cm³/mol. The van der Waals surface area contributed by atoms with Crippen LogP contribution in [0.4, 0.5) is 4.39 Å². The van der Waals surface area contributed by atoms with E-state index in [1.807, 2.05) is 19.1 Å². The summed E-state index contributed by atoms with van der Waals surface area (Å²) in [6.07, 6.45) is 2.23. The summed E-state index contributed by atoms with van der Waals surface area (Å²) in [4.78, 5) is 13.7. The average molecular weight is 371 g/mol. The van der Waals surface area contributed by atoms with Crippen molar-refractivity contribution < 1.29 is 13.6 Å². The van der Waals surface area contributed by atoms with Crippen LogP contribution < -0.4 is 5.32 Å². The Morgan fingerprint density at radius 3 is 3.08 bits per heavy atom. The van der Waals surface area contributed by atoms with Crippen LogP contribution in [0.3, 0.4) is 0 Å². The lowest BCUT2D eigenvalue weighted by atomic mass is 10.1. The number of carbonyl (C=O) groups excluding carboxylic acids is 1. The summed E-state index contributed by atoms with van der Waals surface area (Å²) in [5.41, 5.74) is 2.84. The van der Waals surface area contributed by atoms with Gasteiger partial charge >= 0.3 is 0 Å². The van der Waals surface area contributed by atoms with Gasteiger partial charge in [0.2, 0.25) is 0 Å². The summed E-state index contributed by atoms with van der Waals surface area (Å²) < 4.78 is 20.7. The van der Waals surface area contributed by atoms with E-state index in [-0.39, 0.29) is 17.8 Å². The number of nitrogens with one attached hydrogen (secondary N) is 1. The van der Waals surface area contributed by atoms with Gasteiger partial charge in [-0.2, -0.15) is 5.10 Å². The van der Waals surface area contributed by atoms with Crippen LogP contribution in [-0.4, -0.2) is 21.7 Å². The van der Waals surface area contributed by atoms with E-state index < -0.39 is 0 Å². The number of nitrogens with zero attached hydrogens (tertiary/aromatic N) is 2. The van der Waals surface area contributed by atoms with Crippen molar-refractivity contribution >= 4 is 17.7 Å². The third-order valence-corrected chi connectivity index (χ3v) is 5.49. The minimum absolute atomic E-state index is 0.0905. The summed E-state index contributed by atoms with van der Waals surface area (Å²) in [7, 11) is 1.78. The van der Waals surface area contributed by atoms with Crippen molar-refractivity contribution in [1.29, 1.82) is 0 Å². The van der Waals surface area contributed by atoms with Crippen molar-refractivity contribution in [1.82, 2.24) is 15.1 Å². The monoisotopic (exact) mass is 371 g/mol. The number of furan rings is 1. The maximum Gasteiger partial charge on any atom is 0.272 e. The van der Waals surface area contributed by atoms with Crippen LogP contribution in [0.2, 0.25) is 0 Å². The Balaban J connectivity index is 1.61. The van der Waals surface area contributed by atoms with Crippen LogP contribution in [0.5, 0.6) is 0 Å². The molecule has 0 radical (unpaired) electrons. The number of aromatic nitrogens is 2. The van der Waals surface area contributed by atoms with Crippen LogP contribution >= 0.6 is 11.8 Å². The maximum atomic E-state index is 13.7. The molecule has 1 aromatic carbocycles. The Kier molecular flexibility index (Phi) is 4.32. The molecule has 7 heteroatoms. The van der Waals surface area contributed by atoms with E-state index >= 15 is 0 Å². The molecule has 1 N–H and O–H groups in total. The Hall–Kier alpha value is -2.54. The van der Waals surface area contributed by atoms with Crippen molar-refractivity contribution in [2.45, 2.75) is 30.0 Å². The number of aryl methyl sites for hydroxylation is 1. The van der Waals surface area contributed by atoms with Crippen molar-refractivity contribution in [3.63, 3.8) is 0 Å². The van der Waals surface area contributed by atoms with Crippen LogP contribution in [0.15, 0.2) is 45.9 Å². The Bertz CT molecular complexity index is 966. The van der Waals surface area contributed by atoms with Crippen molar-refractivity contribution in [2.24, 2.45) is 7.05 Å². The standard InChI is InChI=1S/C19H18FN3O2S/c1-11(8-13-4-3-7-25-13)21-19(24)17-15-10-26-16-6-5-12(20)9-14(16)18(15)23(2)22-17/h3-7,9,11H,8,10H2,1-2H3,(H,21,24)/t11-/m1/s1. The van der Waals surface area contributed by atoms with Gasteiger partial charge in [0.15, 0.2) is 5.69 Å². The molecule has 0 saturated heterocycles. The quantitative estimate of drug-likeness (QED) is 0.758. The van der Waals surface area contributed by atoms with Crippen molar-refractivity contribution in [3.05, 3.63) is 59.4 Å². The Labute approximate surface area is 154 Å². The highest BCUT2D eigenvalue weighted by Crippen LogP contribution is 2.42. The molecule has 4 rings (SSSR count). The smallest absolute Gasteiger partial charge is 0.272 e. The molecular formula is C19H18FN3O2S. The number of amides is 1. The maximum absolute atomic E-state index is 13.7. The molecule has 0 fully saturated rings. The second kappa shape index (κ2) is 6.64. The van der Waals surface area contributed by atoms with E-state index in [0.717, 1.165) is 27.5 Å². The van der Waals surface area contributed by atoms with E-state index in [0.29, 0.717) is 17.9 Å². The van der Waals surface area contributed by atoms with Crippen LogP contribution in [0, 0.1) is 5.82 Å². The van der Waals surface area contributed by atoms with Gasteiger partial charge in [-0.25, -0.2) is 4.39 Å². The number of rotatable bonds is 4. The number of benzene rings is 1. The van der Waals surface area contributed by atoms with E-state index in [4.69, 9.17) is 4.42 Å². The fraction of sp³-hybridized carbons (Fsp3) is 0.263. The Morgan fingerprint density at radius 1 is 1.46 bits per heavy atom. The van der Waals surface area contributed by atoms with Gasteiger partial charge in [-0.05, 0) is 37.3 Å². The van der Waals surface area contributed by atoms with E-state index in [1.165, 1.54) is 12.1 Å². The molecule has 0 aliphatic carbocycles. The molecule has 3 aromatic rings. The summed E-state index contributed by atoms with van der Waals surface area (Å²) in [6.45, 7) is 1.93. The van der Waals surface area contributed by atoms with Crippen LogP contribution in [0.25, 0.3) is 11.3 Å². The van der Waals surface area contributed by atoms with Gasteiger partial charge in [0.25, 0.3) is 5.91 Å². The van der Waals surface area contributed by atoms with Gasteiger partial charge in [-0.15, -0.1) is 11.8 Å². The first kappa shape index (κ1) is 16.9. The van der Waals surface area contributed by atoms with E-state index in [2.05, 4.69) is 10.4 Å². The molecular weight excluding hydrogens is 353 g/mol. The lowest BCUT2D eigenvalue weighted by molar-refractivity contribution is 0.0933. The van der Waals surface area contributed by atoms with E-state index in [1.54, 1.807) is 35.8 Å². The second-order valence-electron chi connectivity index (χ2n) is 6.39. The topological polar surface area (TPSA) is 60.1 Å². The number of carbonyl (C=O) groups is 1. The lowest BCUT2D eigenvalue weighted by Gasteiger charge is -2.17. The minimum atomic E-state index is -0.295. The van der Waals surface area contributed by atoms with Gasteiger partial charge in [0.05, 0.1) is 12.0 Å². The van der Waals surface area contributed by atoms with Crippen molar-refractivity contribution in [2.75, 3.05) is 0 Å². The molecule has 1 aliphatic rings. The van der Waals surface area contributed by atoms with Crippen LogP contribution in [-0.2, 0) is 19.2 Å². The SMILES string of the molecule is C[C@H](Cc1ccco1)NC(=O)c1nn(C)c2c1CSc1ccc(F)cc1-2. The Morgan fingerprint density at radius 2 is 2.31 bits per heavy atom. The third-order valence-electron chi connectivity index (χ3n) is 4.39. The fourth-order valence-electron chi connectivity index (χ4n) is 3.26. The number of hydrogen-bond donors (Lipinski definition) is 1. The van der Waals surface area contributed by atoms with Crippen molar-refractivity contribution in [3.8, 4) is 11.3 Å². The zero-order valence-corrected chi connectivity index (χ0v) is 15.3. The molecule has 3 heterocycles. The number of fused-ring (bicyclic) bond motifs is 3. The lowest BCUT2D eigenvalue weighted by Crippen LogP contribution is -2.34. The number of hydrogen-bond acceptors (Lipinski definition) is 4. The molecule has 134 valence electrons. The first-order valence-electron chi connectivity index (χ1n) is 8.34. The molecule has 26 heavy (non-hydrogen) atoms. The molecule has 2 aromatic heterocycles. The molecule has 5 nitrogen and oxygen atoms in total. The first-order chi connectivity index (χ1) is 12.5. The third kappa shape index (κ3) is 3.03. The molecule has 0 saturated carbocycles.